The number of ether oxygens (including phenoxy) is 1. The quantitative estimate of drug-likeness (QED) is 0.660. The second-order valence-electron chi connectivity index (χ2n) is 7.49. The zero-order chi connectivity index (χ0) is 23.1. The minimum Gasteiger partial charge on any atom is -0.495 e. The van der Waals surface area contributed by atoms with Crippen molar-refractivity contribution < 1.29 is 22.7 Å². The van der Waals surface area contributed by atoms with Crippen molar-refractivity contribution in [3.8, 4) is 5.75 Å². The summed E-state index contributed by atoms with van der Waals surface area (Å²) in [7, 11) is -2.27. The molecule has 0 aromatic heterocycles. The van der Waals surface area contributed by atoms with E-state index in [1.165, 1.54) is 41.4 Å². The molecule has 4 rings (SSSR count). The third-order valence-electron chi connectivity index (χ3n) is 5.79. The first-order valence-electron chi connectivity index (χ1n) is 10.4. The van der Waals surface area contributed by atoms with Gasteiger partial charge in [-0.2, -0.15) is 4.31 Å². The highest BCUT2D eigenvalue weighted by Gasteiger charge is 2.57. The van der Waals surface area contributed by atoms with Crippen LogP contribution in [0.1, 0.15) is 26.7 Å². The lowest BCUT2D eigenvalue weighted by molar-refractivity contribution is -0.121. The van der Waals surface area contributed by atoms with E-state index in [9.17, 15) is 18.0 Å². The fourth-order valence-electron chi connectivity index (χ4n) is 4.18. The summed E-state index contributed by atoms with van der Waals surface area (Å²) in [5.74, 6) is -0.160. The van der Waals surface area contributed by atoms with Gasteiger partial charge in [0.15, 0.2) is 4.87 Å². The van der Waals surface area contributed by atoms with E-state index in [0.717, 1.165) is 10.6 Å². The second-order valence-corrected chi connectivity index (χ2v) is 10.7. The molecule has 32 heavy (non-hydrogen) atoms. The molecule has 0 radical (unpaired) electrons. The number of thioether (sulfide) groups is 1. The van der Waals surface area contributed by atoms with Gasteiger partial charge in [0.1, 0.15) is 5.75 Å². The molecule has 2 aliphatic heterocycles. The molecule has 2 amide bonds. The van der Waals surface area contributed by atoms with E-state index in [0.29, 0.717) is 25.3 Å². The van der Waals surface area contributed by atoms with Gasteiger partial charge in [0, 0.05) is 24.4 Å². The van der Waals surface area contributed by atoms with Crippen LogP contribution in [0.25, 0.3) is 0 Å². The third-order valence-corrected chi connectivity index (χ3v) is 9.31. The molecule has 1 fully saturated rings. The fourth-order valence-corrected chi connectivity index (χ4v) is 7.07. The molecular formula is C22H25N3O5S2. The Kier molecular flexibility index (Phi) is 5.95. The molecule has 170 valence electrons. The van der Waals surface area contributed by atoms with Crippen molar-refractivity contribution in [2.45, 2.75) is 41.4 Å². The lowest BCUT2D eigenvalue weighted by Crippen LogP contribution is -2.49. The second kappa shape index (κ2) is 8.42. The van der Waals surface area contributed by atoms with Gasteiger partial charge in [-0.15, -0.1) is 0 Å². The molecule has 8 nitrogen and oxygen atoms in total. The van der Waals surface area contributed by atoms with E-state index in [-0.39, 0.29) is 28.8 Å². The molecule has 1 saturated heterocycles. The predicted octanol–water partition coefficient (Wildman–Crippen LogP) is 3.29. The topological polar surface area (TPSA) is 96.0 Å². The third kappa shape index (κ3) is 3.46. The summed E-state index contributed by atoms with van der Waals surface area (Å²) in [5.41, 5.74) is 0.968. The number of carbonyl (C=O) groups is 2. The molecular weight excluding hydrogens is 450 g/mol. The van der Waals surface area contributed by atoms with Gasteiger partial charge in [0.2, 0.25) is 15.9 Å². The number of sulfonamides is 1. The highest BCUT2D eigenvalue weighted by Crippen LogP contribution is 2.56. The van der Waals surface area contributed by atoms with Gasteiger partial charge in [-0.25, -0.2) is 8.42 Å². The van der Waals surface area contributed by atoms with E-state index in [1.807, 2.05) is 24.3 Å². The first-order valence-corrected chi connectivity index (χ1v) is 12.6. The molecule has 2 aliphatic rings. The molecule has 0 spiro atoms. The Morgan fingerprint density at radius 1 is 1.22 bits per heavy atom. The molecule has 2 aromatic carbocycles. The lowest BCUT2D eigenvalue weighted by atomic mass is 10.1. The van der Waals surface area contributed by atoms with Gasteiger partial charge < -0.3 is 10.1 Å². The Morgan fingerprint density at radius 3 is 2.62 bits per heavy atom. The number of benzene rings is 2. The van der Waals surface area contributed by atoms with E-state index >= 15 is 0 Å². The van der Waals surface area contributed by atoms with Crippen molar-refractivity contribution in [3.63, 3.8) is 0 Å². The van der Waals surface area contributed by atoms with Gasteiger partial charge in [0.25, 0.3) is 5.91 Å². The van der Waals surface area contributed by atoms with E-state index < -0.39 is 14.9 Å². The van der Waals surface area contributed by atoms with Crippen LogP contribution in [-0.4, -0.2) is 49.6 Å². The van der Waals surface area contributed by atoms with Gasteiger partial charge in [-0.05, 0) is 36.8 Å². The molecule has 10 heteroatoms. The Bertz CT molecular complexity index is 1180. The summed E-state index contributed by atoms with van der Waals surface area (Å²) in [6, 6.07) is 11.8. The van der Waals surface area contributed by atoms with Crippen LogP contribution >= 0.6 is 11.8 Å². The van der Waals surface area contributed by atoms with E-state index in [2.05, 4.69) is 5.32 Å². The molecule has 0 bridgehead atoms. The van der Waals surface area contributed by atoms with Crippen molar-refractivity contribution in [1.82, 2.24) is 4.31 Å². The van der Waals surface area contributed by atoms with Crippen molar-refractivity contribution in [2.75, 3.05) is 30.4 Å². The largest absolute Gasteiger partial charge is 0.495 e. The fraction of sp³-hybridized carbons (Fsp3) is 0.364. The average Bonchev–Trinajstić information content (AvgIpc) is 3.30. The maximum absolute atomic E-state index is 13.6. The number of anilines is 2. The maximum atomic E-state index is 13.6. The summed E-state index contributed by atoms with van der Waals surface area (Å²) >= 11 is 1.35. The SMILES string of the molecule is CCN(CC)S(=O)(=O)c1ccc(OC)c(NC(=O)C23CCC(=O)N2c2ccccc2S3)c1. The van der Waals surface area contributed by atoms with Gasteiger partial charge >= 0.3 is 0 Å². The summed E-state index contributed by atoms with van der Waals surface area (Å²) < 4.78 is 32.7. The number of rotatable bonds is 7. The molecule has 2 aromatic rings. The zero-order valence-electron chi connectivity index (χ0n) is 18.1. The molecule has 1 unspecified atom stereocenters. The summed E-state index contributed by atoms with van der Waals surface area (Å²) in [6.45, 7) is 4.21. The molecule has 1 N–H and O–H groups in total. The van der Waals surface area contributed by atoms with Crippen molar-refractivity contribution >= 4 is 45.0 Å². The molecule has 0 aliphatic carbocycles. The predicted molar refractivity (Wildman–Crippen MR) is 123 cm³/mol. The maximum Gasteiger partial charge on any atom is 0.261 e. The number of hydrogen-bond acceptors (Lipinski definition) is 6. The normalized spacial score (nSPS) is 19.8. The van der Waals surface area contributed by atoms with Crippen LogP contribution in [-0.2, 0) is 19.6 Å². The minimum absolute atomic E-state index is 0.0662. The zero-order valence-corrected chi connectivity index (χ0v) is 19.8. The number of methoxy groups -OCH3 is 1. The van der Waals surface area contributed by atoms with Crippen LogP contribution in [0.5, 0.6) is 5.75 Å². The number of nitrogens with one attached hydrogen (secondary N) is 1. The summed E-state index contributed by atoms with van der Waals surface area (Å²) in [4.78, 5) is 27.6. The number of fused-ring (bicyclic) bond motifs is 3. The standard InChI is InChI=1S/C22H25N3O5S2/c1-4-24(5-2)32(28,29)15-10-11-18(30-3)16(14-15)23-21(27)22-13-12-20(26)25(22)17-8-6-7-9-19(17)31-22/h6-11,14H,4-5,12-13H2,1-3H3,(H,23,27). The first kappa shape index (κ1) is 22.6. The van der Waals surface area contributed by atoms with E-state index in [4.69, 9.17) is 4.74 Å². The Labute approximate surface area is 192 Å². The van der Waals surface area contributed by atoms with Crippen LogP contribution in [0, 0.1) is 0 Å². The van der Waals surface area contributed by atoms with Crippen molar-refractivity contribution in [2.24, 2.45) is 0 Å². The minimum atomic E-state index is -3.72. The summed E-state index contributed by atoms with van der Waals surface area (Å²) in [6.07, 6.45) is 0.624. The highest BCUT2D eigenvalue weighted by atomic mass is 32.2. The lowest BCUT2D eigenvalue weighted by Gasteiger charge is -2.30. The Morgan fingerprint density at radius 2 is 1.94 bits per heavy atom. The van der Waals surface area contributed by atoms with Crippen LogP contribution in [0.2, 0.25) is 0 Å². The van der Waals surface area contributed by atoms with E-state index in [1.54, 1.807) is 18.7 Å². The van der Waals surface area contributed by atoms with Crippen LogP contribution in [0.15, 0.2) is 52.3 Å². The molecule has 0 saturated carbocycles. The molecule has 1 atom stereocenters. The van der Waals surface area contributed by atoms with Crippen LogP contribution < -0.4 is 15.0 Å². The summed E-state index contributed by atoms with van der Waals surface area (Å²) in [5, 5.41) is 2.85. The number of carbonyl (C=O) groups excluding carboxylic acids is 2. The van der Waals surface area contributed by atoms with Gasteiger partial charge in [-0.3, -0.25) is 14.5 Å². The van der Waals surface area contributed by atoms with Crippen LogP contribution in [0.3, 0.4) is 0 Å². The highest BCUT2D eigenvalue weighted by molar-refractivity contribution is 8.02. The van der Waals surface area contributed by atoms with Gasteiger partial charge in [-0.1, -0.05) is 37.7 Å². The number of para-hydroxylation sites is 1. The van der Waals surface area contributed by atoms with Gasteiger partial charge in [0.05, 0.1) is 23.4 Å². The number of hydrogen-bond donors (Lipinski definition) is 1. The Balaban J connectivity index is 1.70. The first-order chi connectivity index (χ1) is 15.3. The monoisotopic (exact) mass is 475 g/mol. The number of amides is 2. The van der Waals surface area contributed by atoms with Crippen molar-refractivity contribution in [3.05, 3.63) is 42.5 Å². The molecule has 2 heterocycles. The van der Waals surface area contributed by atoms with Crippen molar-refractivity contribution in [1.29, 1.82) is 0 Å². The Hall–Kier alpha value is -2.56. The smallest absolute Gasteiger partial charge is 0.261 e. The number of nitrogens with zero attached hydrogens (tertiary/aromatic N) is 2. The average molecular weight is 476 g/mol. The van der Waals surface area contributed by atoms with Crippen LogP contribution in [0.4, 0.5) is 11.4 Å².